The molecule has 1 unspecified atom stereocenters. The van der Waals surface area contributed by atoms with Crippen LogP contribution < -0.4 is 5.73 Å². The third-order valence-corrected chi connectivity index (χ3v) is 4.86. The number of nitrogens with zero attached hydrogens (tertiary/aromatic N) is 3. The van der Waals surface area contributed by atoms with Crippen molar-refractivity contribution in [2.75, 3.05) is 5.73 Å². The maximum absolute atomic E-state index is 10.9. The third-order valence-electron chi connectivity index (χ3n) is 4.28. The number of aromatic nitrogens is 3. The second-order valence-corrected chi connectivity index (χ2v) is 7.01. The fourth-order valence-corrected chi connectivity index (χ4v) is 3.41. The number of benzene rings is 2. The number of fused-ring (bicyclic) bond motifs is 1. The van der Waals surface area contributed by atoms with Gasteiger partial charge >= 0.3 is 0 Å². The molecule has 7 heteroatoms. The van der Waals surface area contributed by atoms with Crippen LogP contribution in [0, 0.1) is 0 Å². The molecule has 2 heterocycles. The predicted octanol–water partition coefficient (Wildman–Crippen LogP) is 3.66. The van der Waals surface area contributed by atoms with Crippen LogP contribution in [0.1, 0.15) is 5.56 Å². The van der Waals surface area contributed by atoms with E-state index in [0.717, 1.165) is 38.9 Å². The maximum Gasteiger partial charge on any atom is 0.157 e. The summed E-state index contributed by atoms with van der Waals surface area (Å²) in [6, 6.07) is 15.3. The molecule has 0 bridgehead atoms. The van der Waals surface area contributed by atoms with Gasteiger partial charge in [0.2, 0.25) is 0 Å². The van der Waals surface area contributed by atoms with Gasteiger partial charge in [0.1, 0.15) is 5.82 Å². The average molecular weight is 376 g/mol. The summed E-state index contributed by atoms with van der Waals surface area (Å²) in [6.45, 7) is 0. The first-order valence-corrected chi connectivity index (χ1v) is 9.51. The lowest BCUT2D eigenvalue weighted by Gasteiger charge is -2.10. The highest BCUT2D eigenvalue weighted by Gasteiger charge is 2.09. The Bertz CT molecular complexity index is 1150. The van der Waals surface area contributed by atoms with Crippen molar-refractivity contribution in [1.82, 2.24) is 15.0 Å². The standard InChI is InChI=1S/C20H16N4O2S/c21-20-17(15-5-6-18-19(10-15)23-8-7-22-18)9-16(11-24-20)14-3-1-13(2-4-14)12-27(25)26/h1-11H,12H2,(H2,21,24)(H,25,26). The predicted molar refractivity (Wildman–Crippen MR) is 107 cm³/mol. The summed E-state index contributed by atoms with van der Waals surface area (Å²) < 4.78 is 19.9. The lowest BCUT2D eigenvalue weighted by atomic mass is 10.00. The van der Waals surface area contributed by atoms with Crippen LogP contribution in [0.2, 0.25) is 0 Å². The minimum atomic E-state index is -1.85. The molecule has 0 saturated carbocycles. The van der Waals surface area contributed by atoms with Crippen molar-refractivity contribution in [2.24, 2.45) is 0 Å². The Labute approximate surface area is 158 Å². The molecule has 6 nitrogen and oxygen atoms in total. The quantitative estimate of drug-likeness (QED) is 0.527. The van der Waals surface area contributed by atoms with E-state index < -0.39 is 11.1 Å². The molecule has 4 aromatic rings. The van der Waals surface area contributed by atoms with E-state index >= 15 is 0 Å². The summed E-state index contributed by atoms with van der Waals surface area (Å²) in [6.07, 6.45) is 5.04. The Morgan fingerprint density at radius 2 is 1.56 bits per heavy atom. The van der Waals surface area contributed by atoms with Crippen molar-refractivity contribution in [1.29, 1.82) is 0 Å². The zero-order chi connectivity index (χ0) is 18.8. The Balaban J connectivity index is 1.73. The summed E-state index contributed by atoms with van der Waals surface area (Å²) in [5.41, 5.74) is 12.1. The van der Waals surface area contributed by atoms with Crippen LogP contribution in [0.15, 0.2) is 67.1 Å². The van der Waals surface area contributed by atoms with Crippen molar-refractivity contribution in [3.8, 4) is 22.3 Å². The summed E-state index contributed by atoms with van der Waals surface area (Å²) in [7, 11) is 0. The first-order valence-electron chi connectivity index (χ1n) is 8.23. The summed E-state index contributed by atoms with van der Waals surface area (Å²) >= 11 is -1.85. The Kier molecular flexibility index (Phi) is 4.62. The number of hydrogen-bond donors (Lipinski definition) is 2. The van der Waals surface area contributed by atoms with E-state index in [9.17, 15) is 4.21 Å². The number of anilines is 1. The van der Waals surface area contributed by atoms with Gasteiger partial charge in [-0.05, 0) is 34.9 Å². The fourth-order valence-electron chi connectivity index (χ4n) is 2.93. The van der Waals surface area contributed by atoms with Crippen molar-refractivity contribution < 1.29 is 8.76 Å². The lowest BCUT2D eigenvalue weighted by Crippen LogP contribution is -1.96. The molecular weight excluding hydrogens is 360 g/mol. The number of hydrogen-bond acceptors (Lipinski definition) is 5. The van der Waals surface area contributed by atoms with Crippen molar-refractivity contribution in [3.63, 3.8) is 0 Å². The van der Waals surface area contributed by atoms with Crippen molar-refractivity contribution in [3.05, 3.63) is 72.7 Å². The molecule has 134 valence electrons. The number of nitrogens with two attached hydrogens (primary N) is 1. The van der Waals surface area contributed by atoms with Crippen LogP contribution in [0.5, 0.6) is 0 Å². The molecule has 4 rings (SSSR count). The number of nitrogen functional groups attached to an aromatic ring is 1. The van der Waals surface area contributed by atoms with Crippen molar-refractivity contribution in [2.45, 2.75) is 5.75 Å². The second-order valence-electron chi connectivity index (χ2n) is 6.08. The molecule has 0 fully saturated rings. The van der Waals surface area contributed by atoms with E-state index in [1.165, 1.54) is 0 Å². The maximum atomic E-state index is 10.9. The topological polar surface area (TPSA) is 102 Å². The molecule has 2 aromatic heterocycles. The Morgan fingerprint density at radius 1 is 0.852 bits per heavy atom. The Hall–Kier alpha value is -3.16. The number of pyridine rings is 1. The van der Waals surface area contributed by atoms with Crippen LogP contribution in [0.4, 0.5) is 5.82 Å². The molecular formula is C20H16N4O2S. The van der Waals surface area contributed by atoms with E-state index in [1.54, 1.807) is 18.6 Å². The highest BCUT2D eigenvalue weighted by molar-refractivity contribution is 7.78. The molecule has 0 aliphatic carbocycles. The molecule has 0 aliphatic heterocycles. The second kappa shape index (κ2) is 7.22. The van der Waals surface area contributed by atoms with E-state index in [0.29, 0.717) is 5.82 Å². The number of rotatable bonds is 4. The molecule has 0 spiro atoms. The summed E-state index contributed by atoms with van der Waals surface area (Å²) in [5.74, 6) is 0.554. The highest BCUT2D eigenvalue weighted by Crippen LogP contribution is 2.31. The van der Waals surface area contributed by atoms with E-state index in [1.807, 2.05) is 48.5 Å². The zero-order valence-corrected chi connectivity index (χ0v) is 15.1. The van der Waals surface area contributed by atoms with Crippen LogP contribution in [-0.2, 0) is 16.8 Å². The molecule has 0 amide bonds. The molecule has 0 saturated heterocycles. The Morgan fingerprint density at radius 3 is 2.30 bits per heavy atom. The van der Waals surface area contributed by atoms with Gasteiger partial charge in [0.25, 0.3) is 0 Å². The highest BCUT2D eigenvalue weighted by atomic mass is 32.2. The monoisotopic (exact) mass is 376 g/mol. The minimum Gasteiger partial charge on any atom is -0.383 e. The van der Waals surface area contributed by atoms with Gasteiger partial charge in [0.05, 0.1) is 16.8 Å². The molecule has 3 N–H and O–H groups in total. The van der Waals surface area contributed by atoms with Gasteiger partial charge in [-0.3, -0.25) is 9.97 Å². The van der Waals surface area contributed by atoms with Crippen LogP contribution >= 0.6 is 0 Å². The first kappa shape index (κ1) is 17.3. The largest absolute Gasteiger partial charge is 0.383 e. The van der Waals surface area contributed by atoms with Gasteiger partial charge < -0.3 is 10.3 Å². The van der Waals surface area contributed by atoms with Gasteiger partial charge in [-0.15, -0.1) is 0 Å². The van der Waals surface area contributed by atoms with Gasteiger partial charge in [0.15, 0.2) is 11.1 Å². The third kappa shape index (κ3) is 3.69. The molecule has 0 aliphatic rings. The van der Waals surface area contributed by atoms with Gasteiger partial charge in [0, 0.05) is 29.7 Å². The van der Waals surface area contributed by atoms with Gasteiger partial charge in [-0.2, -0.15) is 0 Å². The van der Waals surface area contributed by atoms with Gasteiger partial charge in [-0.1, -0.05) is 30.3 Å². The summed E-state index contributed by atoms with van der Waals surface area (Å²) in [5, 5.41) is 0. The van der Waals surface area contributed by atoms with Crippen molar-refractivity contribution >= 4 is 27.9 Å². The van der Waals surface area contributed by atoms with Crippen LogP contribution in [0.3, 0.4) is 0 Å². The fraction of sp³-hybridized carbons (Fsp3) is 0.0500. The smallest absolute Gasteiger partial charge is 0.157 e. The van der Waals surface area contributed by atoms with E-state index in [-0.39, 0.29) is 5.75 Å². The van der Waals surface area contributed by atoms with E-state index in [4.69, 9.17) is 10.3 Å². The van der Waals surface area contributed by atoms with Crippen LogP contribution in [-0.4, -0.2) is 23.7 Å². The molecule has 27 heavy (non-hydrogen) atoms. The van der Waals surface area contributed by atoms with E-state index in [2.05, 4.69) is 15.0 Å². The summed E-state index contributed by atoms with van der Waals surface area (Å²) in [4.78, 5) is 13.0. The SMILES string of the molecule is Nc1ncc(-c2ccc(CS(=O)O)cc2)cc1-c1ccc2nccnc2c1. The van der Waals surface area contributed by atoms with Crippen LogP contribution in [0.25, 0.3) is 33.3 Å². The minimum absolute atomic E-state index is 0.115. The zero-order valence-electron chi connectivity index (χ0n) is 14.2. The molecule has 1 atom stereocenters. The van der Waals surface area contributed by atoms with Gasteiger partial charge in [-0.25, -0.2) is 9.19 Å². The average Bonchev–Trinajstić information content (AvgIpc) is 2.68. The first-order chi connectivity index (χ1) is 13.1. The normalized spacial score (nSPS) is 12.2. The molecule has 0 radical (unpaired) electrons. The molecule has 2 aromatic carbocycles. The lowest BCUT2D eigenvalue weighted by molar-refractivity contribution is 0.563.